The highest BCUT2D eigenvalue weighted by Crippen LogP contribution is 2.26. The van der Waals surface area contributed by atoms with Crippen molar-refractivity contribution in [3.8, 4) is 0 Å². The molecule has 0 fully saturated rings. The maximum absolute atomic E-state index is 11.9. The third kappa shape index (κ3) is 4.43. The Bertz CT molecular complexity index is 621. The summed E-state index contributed by atoms with van der Waals surface area (Å²) in [5, 5.41) is 7.52. The van der Waals surface area contributed by atoms with Crippen molar-refractivity contribution < 1.29 is 9.59 Å². The lowest BCUT2D eigenvalue weighted by Gasteiger charge is -2.23. The van der Waals surface area contributed by atoms with Crippen molar-refractivity contribution in [3.05, 3.63) is 58.3 Å². The fourth-order valence-electron chi connectivity index (χ4n) is 1.98. The van der Waals surface area contributed by atoms with Crippen molar-refractivity contribution in [1.29, 1.82) is 0 Å². The second kappa shape index (κ2) is 7.22. The van der Waals surface area contributed by atoms with Crippen LogP contribution in [0, 0.1) is 0 Å². The first kappa shape index (κ1) is 16.2. The van der Waals surface area contributed by atoms with Crippen LogP contribution in [0.15, 0.2) is 47.8 Å². The summed E-state index contributed by atoms with van der Waals surface area (Å²) in [7, 11) is 0. The van der Waals surface area contributed by atoms with Crippen LogP contribution in [0.3, 0.4) is 0 Å². The van der Waals surface area contributed by atoms with Gasteiger partial charge in [-0.3, -0.25) is 9.59 Å². The molecule has 0 unspecified atom stereocenters. The van der Waals surface area contributed by atoms with Gasteiger partial charge in [-0.2, -0.15) is 0 Å². The first-order valence-corrected chi connectivity index (χ1v) is 8.01. The zero-order chi connectivity index (χ0) is 16.0. The fraction of sp³-hybridized carbons (Fsp3) is 0.294. The number of carbonyl (C=O) groups is 2. The summed E-state index contributed by atoms with van der Waals surface area (Å²) >= 11 is 1.68. The predicted octanol–water partition coefficient (Wildman–Crippen LogP) is 2.57. The molecule has 1 aromatic carbocycles. The van der Waals surface area contributed by atoms with Crippen molar-refractivity contribution >= 4 is 23.2 Å². The molecule has 0 spiro atoms. The molecule has 0 aliphatic heterocycles. The fourth-order valence-corrected chi connectivity index (χ4v) is 2.84. The number of hydrogen-bond donors (Lipinski definition) is 2. The lowest BCUT2D eigenvalue weighted by Crippen LogP contribution is -2.41. The minimum atomic E-state index is -0.242. The summed E-state index contributed by atoms with van der Waals surface area (Å²) in [5.41, 5.74) is 0.432. The average Bonchev–Trinajstić information content (AvgIpc) is 3.07. The largest absolute Gasteiger partial charge is 0.354 e. The van der Waals surface area contributed by atoms with E-state index < -0.39 is 0 Å². The van der Waals surface area contributed by atoms with Crippen molar-refractivity contribution in [2.45, 2.75) is 19.3 Å². The summed E-state index contributed by atoms with van der Waals surface area (Å²) in [6.45, 7) is 4.69. The van der Waals surface area contributed by atoms with Gasteiger partial charge in [-0.1, -0.05) is 38.1 Å². The van der Waals surface area contributed by atoms with Gasteiger partial charge in [-0.25, -0.2) is 0 Å². The molecule has 5 heteroatoms. The predicted molar refractivity (Wildman–Crippen MR) is 89.1 cm³/mol. The van der Waals surface area contributed by atoms with Crippen LogP contribution in [-0.4, -0.2) is 24.9 Å². The van der Waals surface area contributed by atoms with E-state index in [2.05, 4.69) is 30.5 Å². The quantitative estimate of drug-likeness (QED) is 0.860. The zero-order valence-electron chi connectivity index (χ0n) is 12.8. The first-order chi connectivity index (χ1) is 10.5. The van der Waals surface area contributed by atoms with E-state index in [0.717, 1.165) is 0 Å². The van der Waals surface area contributed by atoms with E-state index in [1.54, 1.807) is 35.6 Å². The molecular weight excluding hydrogens is 296 g/mol. The van der Waals surface area contributed by atoms with Gasteiger partial charge in [0.25, 0.3) is 5.91 Å². The summed E-state index contributed by atoms with van der Waals surface area (Å²) < 4.78 is 0. The molecule has 0 aliphatic carbocycles. The summed E-state index contributed by atoms with van der Waals surface area (Å²) in [5.74, 6) is -0.429. The molecule has 116 valence electrons. The number of rotatable bonds is 6. The average molecular weight is 316 g/mol. The molecule has 0 aliphatic rings. The van der Waals surface area contributed by atoms with Crippen LogP contribution in [-0.2, 0) is 10.2 Å². The maximum atomic E-state index is 11.9. The molecule has 2 aromatic rings. The third-order valence-electron chi connectivity index (χ3n) is 3.36. The van der Waals surface area contributed by atoms with E-state index in [-0.39, 0.29) is 23.8 Å². The van der Waals surface area contributed by atoms with E-state index in [4.69, 9.17) is 0 Å². The van der Waals surface area contributed by atoms with Crippen molar-refractivity contribution in [2.24, 2.45) is 0 Å². The van der Waals surface area contributed by atoms with Gasteiger partial charge >= 0.3 is 0 Å². The van der Waals surface area contributed by atoms with Gasteiger partial charge in [0.05, 0.1) is 6.54 Å². The highest BCUT2D eigenvalue weighted by atomic mass is 32.1. The monoisotopic (exact) mass is 316 g/mol. The molecule has 0 bridgehead atoms. The normalized spacial score (nSPS) is 11.0. The summed E-state index contributed by atoms with van der Waals surface area (Å²) in [6.07, 6.45) is 0. The highest BCUT2D eigenvalue weighted by Gasteiger charge is 2.22. The van der Waals surface area contributed by atoms with Crippen molar-refractivity contribution in [2.75, 3.05) is 13.1 Å². The second-order valence-electron chi connectivity index (χ2n) is 5.69. The smallest absolute Gasteiger partial charge is 0.251 e. The zero-order valence-corrected chi connectivity index (χ0v) is 13.6. The summed E-state index contributed by atoms with van der Waals surface area (Å²) in [4.78, 5) is 24.9. The molecule has 4 nitrogen and oxygen atoms in total. The highest BCUT2D eigenvalue weighted by molar-refractivity contribution is 7.10. The number of amides is 2. The topological polar surface area (TPSA) is 58.2 Å². The van der Waals surface area contributed by atoms with Crippen LogP contribution < -0.4 is 10.6 Å². The number of carbonyl (C=O) groups excluding carboxylic acids is 2. The molecule has 22 heavy (non-hydrogen) atoms. The van der Waals surface area contributed by atoms with E-state index in [1.165, 1.54) is 4.88 Å². The van der Waals surface area contributed by atoms with Crippen LogP contribution in [0.5, 0.6) is 0 Å². The Morgan fingerprint density at radius 2 is 1.77 bits per heavy atom. The van der Waals surface area contributed by atoms with Gasteiger partial charge in [-0.05, 0) is 23.6 Å². The number of thiophene rings is 1. The molecule has 0 radical (unpaired) electrons. The van der Waals surface area contributed by atoms with Crippen LogP contribution in [0.25, 0.3) is 0 Å². The van der Waals surface area contributed by atoms with E-state index in [0.29, 0.717) is 12.1 Å². The molecule has 0 saturated carbocycles. The number of nitrogens with one attached hydrogen (secondary N) is 2. The van der Waals surface area contributed by atoms with Crippen LogP contribution in [0.1, 0.15) is 29.1 Å². The van der Waals surface area contributed by atoms with Gasteiger partial charge < -0.3 is 10.6 Å². The first-order valence-electron chi connectivity index (χ1n) is 7.13. The molecule has 2 N–H and O–H groups in total. The van der Waals surface area contributed by atoms with Gasteiger partial charge in [0.15, 0.2) is 0 Å². The Kier molecular flexibility index (Phi) is 5.33. The standard InChI is InChI=1S/C17H20N2O2S/c1-17(2,14-9-6-10-22-14)12-19-15(20)11-18-16(21)13-7-4-3-5-8-13/h3-10H,11-12H2,1-2H3,(H,18,21)(H,19,20). The van der Waals surface area contributed by atoms with Crippen LogP contribution in [0.2, 0.25) is 0 Å². The SMILES string of the molecule is CC(C)(CNC(=O)CNC(=O)c1ccccc1)c1cccs1. The third-order valence-corrected chi connectivity index (χ3v) is 4.60. The molecular formula is C17H20N2O2S. The molecule has 2 rings (SSSR count). The molecule has 1 aromatic heterocycles. The molecule has 1 heterocycles. The molecule has 2 amide bonds. The minimum absolute atomic E-state index is 0.0196. The number of hydrogen-bond acceptors (Lipinski definition) is 3. The van der Waals surface area contributed by atoms with Gasteiger partial charge in [0, 0.05) is 22.4 Å². The summed E-state index contributed by atoms with van der Waals surface area (Å²) in [6, 6.07) is 12.9. The molecule has 0 saturated heterocycles. The van der Waals surface area contributed by atoms with Crippen molar-refractivity contribution in [3.63, 3.8) is 0 Å². The maximum Gasteiger partial charge on any atom is 0.251 e. The van der Waals surface area contributed by atoms with Crippen LogP contribution >= 0.6 is 11.3 Å². The van der Waals surface area contributed by atoms with Gasteiger partial charge in [0.1, 0.15) is 0 Å². The Balaban J connectivity index is 1.78. The van der Waals surface area contributed by atoms with Crippen LogP contribution in [0.4, 0.5) is 0 Å². The van der Waals surface area contributed by atoms with E-state index in [1.807, 2.05) is 17.5 Å². The Hall–Kier alpha value is -2.14. The Morgan fingerprint density at radius 3 is 2.41 bits per heavy atom. The van der Waals surface area contributed by atoms with Crippen molar-refractivity contribution in [1.82, 2.24) is 10.6 Å². The minimum Gasteiger partial charge on any atom is -0.354 e. The number of benzene rings is 1. The lowest BCUT2D eigenvalue weighted by atomic mass is 9.91. The lowest BCUT2D eigenvalue weighted by molar-refractivity contribution is -0.120. The van der Waals surface area contributed by atoms with E-state index >= 15 is 0 Å². The molecule has 0 atom stereocenters. The second-order valence-corrected chi connectivity index (χ2v) is 6.63. The Labute approximate surface area is 134 Å². The Morgan fingerprint density at radius 1 is 1.05 bits per heavy atom. The van der Waals surface area contributed by atoms with E-state index in [9.17, 15) is 9.59 Å². The van der Waals surface area contributed by atoms with Gasteiger partial charge in [-0.15, -0.1) is 11.3 Å². The van der Waals surface area contributed by atoms with Gasteiger partial charge in [0.2, 0.25) is 5.91 Å².